The van der Waals surface area contributed by atoms with Gasteiger partial charge in [0.2, 0.25) is 5.28 Å². The highest BCUT2D eigenvalue weighted by Gasteiger charge is 2.33. The molecule has 0 saturated carbocycles. The fourth-order valence-electron chi connectivity index (χ4n) is 2.35. The predicted molar refractivity (Wildman–Crippen MR) is 70.0 cm³/mol. The van der Waals surface area contributed by atoms with Gasteiger partial charge in [0.05, 0.1) is 12.4 Å². The summed E-state index contributed by atoms with van der Waals surface area (Å²) in [6.07, 6.45) is 2.79. The number of fused-ring (bicyclic) bond motifs is 1. The van der Waals surface area contributed by atoms with Gasteiger partial charge in [0.25, 0.3) is 0 Å². The van der Waals surface area contributed by atoms with Gasteiger partial charge in [-0.15, -0.1) is 0 Å². The molecule has 0 radical (unpaired) electrons. The molecule has 7 heteroatoms. The molecule has 1 aliphatic heterocycles. The highest BCUT2D eigenvalue weighted by atomic mass is 35.5. The molecule has 3 rings (SSSR count). The number of rotatable bonds is 1. The van der Waals surface area contributed by atoms with Crippen molar-refractivity contribution in [3.63, 3.8) is 0 Å². The minimum Gasteiger partial charge on any atom is -0.308 e. The number of hydrogen-bond donors (Lipinski definition) is 0. The summed E-state index contributed by atoms with van der Waals surface area (Å²) in [6, 6.07) is 1.84. The summed E-state index contributed by atoms with van der Waals surface area (Å²) in [4.78, 5) is 9.44. The lowest BCUT2D eigenvalue weighted by Crippen LogP contribution is -2.41. The van der Waals surface area contributed by atoms with E-state index in [4.69, 9.17) is 11.6 Å². The van der Waals surface area contributed by atoms with Crippen LogP contribution in [0.3, 0.4) is 0 Å². The molecule has 0 N–H and O–H groups in total. The van der Waals surface area contributed by atoms with Gasteiger partial charge >= 0.3 is 0 Å². The van der Waals surface area contributed by atoms with Crippen molar-refractivity contribution in [2.75, 3.05) is 11.4 Å². The first-order valence-corrected chi connectivity index (χ1v) is 6.31. The van der Waals surface area contributed by atoms with E-state index in [0.717, 1.165) is 18.6 Å². The lowest BCUT2D eigenvalue weighted by Gasteiger charge is -2.38. The Morgan fingerprint density at radius 3 is 2.95 bits per heavy atom. The van der Waals surface area contributed by atoms with E-state index >= 15 is 0 Å². The molecule has 2 aromatic heterocycles. The Bertz CT molecular complexity index is 624. The summed E-state index contributed by atoms with van der Waals surface area (Å²) < 4.78 is 15.8. The first kappa shape index (κ1) is 12.3. The van der Waals surface area contributed by atoms with Crippen LogP contribution in [0.5, 0.6) is 0 Å². The number of nitrogens with zero attached hydrogens (tertiary/aromatic N) is 5. The maximum atomic E-state index is 14.0. The molecule has 19 heavy (non-hydrogen) atoms. The van der Waals surface area contributed by atoms with Crippen LogP contribution in [0, 0.1) is 11.2 Å². The minimum absolute atomic E-state index is 0.0332. The second-order valence-corrected chi connectivity index (χ2v) is 5.75. The van der Waals surface area contributed by atoms with Gasteiger partial charge in [-0.25, -0.2) is 14.1 Å². The molecule has 0 atom stereocenters. The molecular weight excluding hydrogens is 269 g/mol. The topological polar surface area (TPSA) is 46.8 Å². The summed E-state index contributed by atoms with van der Waals surface area (Å²) >= 11 is 5.77. The van der Waals surface area contributed by atoms with Gasteiger partial charge in [-0.05, 0) is 11.6 Å². The van der Waals surface area contributed by atoms with E-state index < -0.39 is 5.82 Å². The van der Waals surface area contributed by atoms with Gasteiger partial charge in [-0.2, -0.15) is 10.1 Å². The summed E-state index contributed by atoms with van der Waals surface area (Å²) in [5.41, 5.74) is -0.0388. The molecular formula is C12H13ClFN5. The molecule has 5 nitrogen and oxygen atoms in total. The maximum Gasteiger partial charge on any atom is 0.224 e. The smallest absolute Gasteiger partial charge is 0.224 e. The third kappa shape index (κ3) is 2.16. The van der Waals surface area contributed by atoms with Crippen LogP contribution < -0.4 is 4.90 Å². The summed E-state index contributed by atoms with van der Waals surface area (Å²) in [7, 11) is 0. The van der Waals surface area contributed by atoms with E-state index in [1.54, 1.807) is 11.1 Å². The van der Waals surface area contributed by atoms with Crippen LogP contribution in [-0.4, -0.2) is 26.3 Å². The zero-order chi connectivity index (χ0) is 13.6. The van der Waals surface area contributed by atoms with E-state index in [1.807, 2.05) is 10.7 Å². The largest absolute Gasteiger partial charge is 0.308 e. The first-order chi connectivity index (χ1) is 8.96. The molecule has 0 aliphatic carbocycles. The molecule has 2 aromatic rings. The van der Waals surface area contributed by atoms with Gasteiger partial charge < -0.3 is 4.90 Å². The van der Waals surface area contributed by atoms with E-state index in [2.05, 4.69) is 28.9 Å². The van der Waals surface area contributed by atoms with Gasteiger partial charge in [0.15, 0.2) is 11.6 Å². The van der Waals surface area contributed by atoms with Crippen molar-refractivity contribution >= 4 is 23.2 Å². The van der Waals surface area contributed by atoms with Crippen LogP contribution in [-0.2, 0) is 6.54 Å². The van der Waals surface area contributed by atoms with Crippen molar-refractivity contribution in [1.82, 2.24) is 19.7 Å². The van der Waals surface area contributed by atoms with Crippen molar-refractivity contribution in [2.24, 2.45) is 5.41 Å². The van der Waals surface area contributed by atoms with Crippen LogP contribution in [0.1, 0.15) is 13.8 Å². The van der Waals surface area contributed by atoms with Gasteiger partial charge in [-0.1, -0.05) is 13.8 Å². The molecule has 1 aliphatic rings. The summed E-state index contributed by atoms with van der Waals surface area (Å²) in [5, 5.41) is 4.29. The fraction of sp³-hybridized carbons (Fsp3) is 0.417. The van der Waals surface area contributed by atoms with Crippen LogP contribution in [0.15, 0.2) is 18.5 Å². The number of anilines is 2. The SMILES string of the molecule is CC1(C)CN(c2nc(Cl)ncc2F)c2ccnn2C1. The Kier molecular flexibility index (Phi) is 2.70. The van der Waals surface area contributed by atoms with Gasteiger partial charge in [0.1, 0.15) is 5.82 Å². The predicted octanol–water partition coefficient (Wildman–Crippen LogP) is 2.64. The first-order valence-electron chi connectivity index (χ1n) is 5.94. The summed E-state index contributed by atoms with van der Waals surface area (Å²) in [5.74, 6) is 0.511. The molecule has 3 heterocycles. The summed E-state index contributed by atoms with van der Waals surface area (Å²) in [6.45, 7) is 5.63. The van der Waals surface area contributed by atoms with Crippen LogP contribution >= 0.6 is 11.6 Å². The highest BCUT2D eigenvalue weighted by Crippen LogP contribution is 2.36. The lowest BCUT2D eigenvalue weighted by molar-refractivity contribution is 0.276. The lowest BCUT2D eigenvalue weighted by atomic mass is 9.91. The molecule has 0 aromatic carbocycles. The number of aromatic nitrogens is 4. The standard InChI is InChI=1S/C12H13ClFN5/c1-12(2)6-18(9-3-4-16-19(9)7-12)10-8(14)5-15-11(13)17-10/h3-5H,6-7H2,1-2H3. The Morgan fingerprint density at radius 1 is 1.37 bits per heavy atom. The molecule has 100 valence electrons. The van der Waals surface area contributed by atoms with Crippen LogP contribution in [0.2, 0.25) is 5.28 Å². The zero-order valence-electron chi connectivity index (χ0n) is 10.6. The molecule has 0 saturated heterocycles. The Morgan fingerprint density at radius 2 is 2.16 bits per heavy atom. The molecule has 0 bridgehead atoms. The quantitative estimate of drug-likeness (QED) is 0.754. The van der Waals surface area contributed by atoms with Crippen molar-refractivity contribution in [3.05, 3.63) is 29.6 Å². The Hall–Kier alpha value is -1.69. The average Bonchev–Trinajstić information content (AvgIpc) is 2.77. The minimum atomic E-state index is -0.491. The van der Waals surface area contributed by atoms with E-state index in [-0.39, 0.29) is 16.5 Å². The second kappa shape index (κ2) is 4.16. The van der Waals surface area contributed by atoms with Crippen LogP contribution in [0.4, 0.5) is 16.0 Å². The van der Waals surface area contributed by atoms with Crippen LogP contribution in [0.25, 0.3) is 0 Å². The van der Waals surface area contributed by atoms with Gasteiger partial charge in [0, 0.05) is 24.6 Å². The second-order valence-electron chi connectivity index (χ2n) is 5.41. The van der Waals surface area contributed by atoms with Crippen molar-refractivity contribution in [2.45, 2.75) is 20.4 Å². The highest BCUT2D eigenvalue weighted by molar-refractivity contribution is 6.28. The van der Waals surface area contributed by atoms with Gasteiger partial charge in [-0.3, -0.25) is 0 Å². The molecule has 0 amide bonds. The van der Waals surface area contributed by atoms with Crippen molar-refractivity contribution < 1.29 is 4.39 Å². The zero-order valence-corrected chi connectivity index (χ0v) is 11.4. The number of halogens is 2. The molecule has 0 fully saturated rings. The average molecular weight is 282 g/mol. The monoisotopic (exact) mass is 281 g/mol. The third-order valence-electron chi connectivity index (χ3n) is 3.09. The van der Waals surface area contributed by atoms with Crippen molar-refractivity contribution in [3.8, 4) is 0 Å². The fourth-order valence-corrected chi connectivity index (χ4v) is 2.48. The van der Waals surface area contributed by atoms with E-state index in [1.165, 1.54) is 0 Å². The Balaban J connectivity index is 2.12. The normalized spacial score (nSPS) is 17.4. The molecule has 0 spiro atoms. The molecule has 0 unspecified atom stereocenters. The Labute approximate surface area is 115 Å². The number of hydrogen-bond acceptors (Lipinski definition) is 4. The van der Waals surface area contributed by atoms with E-state index in [0.29, 0.717) is 6.54 Å². The van der Waals surface area contributed by atoms with E-state index in [9.17, 15) is 4.39 Å². The van der Waals surface area contributed by atoms with Crippen molar-refractivity contribution in [1.29, 1.82) is 0 Å². The third-order valence-corrected chi connectivity index (χ3v) is 3.27. The maximum absolute atomic E-state index is 14.0.